The van der Waals surface area contributed by atoms with Gasteiger partial charge in [0.2, 0.25) is 0 Å². The molecule has 2 fully saturated rings. The molecule has 2 aliphatic heterocycles. The van der Waals surface area contributed by atoms with Gasteiger partial charge in [-0.05, 0) is 24.3 Å². The molecule has 0 atom stereocenters. The number of hydrogen-bond donors (Lipinski definition) is 1. The van der Waals surface area contributed by atoms with E-state index in [1.54, 1.807) is 11.3 Å². The van der Waals surface area contributed by atoms with Gasteiger partial charge in [-0.2, -0.15) is 0 Å². The standard InChI is InChI=1S/C17H27N3O3S/c21-17(18-14-16-2-1-13-24-16)20(15-3-9-22-10-4-15)6-5-19-7-11-23-12-8-19/h1-2,13,15H,3-12,14H2,(H,18,21). The molecule has 3 heterocycles. The number of ether oxygens (including phenoxy) is 2. The number of carbonyl (C=O) groups is 1. The first-order valence-electron chi connectivity index (χ1n) is 8.77. The first-order valence-corrected chi connectivity index (χ1v) is 9.65. The van der Waals surface area contributed by atoms with Crippen molar-refractivity contribution in [3.63, 3.8) is 0 Å². The Bertz CT molecular complexity index is 485. The fourth-order valence-corrected chi connectivity index (χ4v) is 3.84. The number of nitrogens with zero attached hydrogens (tertiary/aromatic N) is 2. The van der Waals surface area contributed by atoms with Crippen molar-refractivity contribution in [2.24, 2.45) is 0 Å². The van der Waals surface area contributed by atoms with Crippen LogP contribution in [-0.4, -0.2) is 74.5 Å². The van der Waals surface area contributed by atoms with Crippen LogP contribution in [0.15, 0.2) is 17.5 Å². The van der Waals surface area contributed by atoms with Gasteiger partial charge < -0.3 is 19.7 Å². The monoisotopic (exact) mass is 353 g/mol. The van der Waals surface area contributed by atoms with Gasteiger partial charge in [-0.1, -0.05) is 6.07 Å². The maximum absolute atomic E-state index is 12.7. The van der Waals surface area contributed by atoms with Crippen molar-refractivity contribution in [3.05, 3.63) is 22.4 Å². The molecule has 7 heteroatoms. The zero-order valence-electron chi connectivity index (χ0n) is 14.1. The summed E-state index contributed by atoms with van der Waals surface area (Å²) < 4.78 is 10.9. The predicted molar refractivity (Wildman–Crippen MR) is 94.4 cm³/mol. The Balaban J connectivity index is 1.54. The number of nitrogens with one attached hydrogen (secondary N) is 1. The molecular formula is C17H27N3O3S. The minimum absolute atomic E-state index is 0.0450. The van der Waals surface area contributed by atoms with Crippen LogP contribution in [-0.2, 0) is 16.0 Å². The fraction of sp³-hybridized carbons (Fsp3) is 0.706. The summed E-state index contributed by atoms with van der Waals surface area (Å²) in [5.74, 6) is 0. The van der Waals surface area contributed by atoms with Gasteiger partial charge >= 0.3 is 6.03 Å². The van der Waals surface area contributed by atoms with E-state index in [0.29, 0.717) is 6.54 Å². The summed E-state index contributed by atoms with van der Waals surface area (Å²) in [7, 11) is 0. The Hall–Kier alpha value is -1.15. The number of thiophene rings is 1. The molecule has 0 aliphatic carbocycles. The third kappa shape index (κ3) is 5.17. The van der Waals surface area contributed by atoms with Crippen molar-refractivity contribution in [3.8, 4) is 0 Å². The van der Waals surface area contributed by atoms with Crippen molar-refractivity contribution >= 4 is 17.4 Å². The molecule has 2 aliphatic rings. The summed E-state index contributed by atoms with van der Waals surface area (Å²) in [5.41, 5.74) is 0. The average molecular weight is 353 g/mol. The van der Waals surface area contributed by atoms with Crippen LogP contribution in [0.2, 0.25) is 0 Å². The van der Waals surface area contributed by atoms with Gasteiger partial charge in [-0.3, -0.25) is 4.90 Å². The van der Waals surface area contributed by atoms with Gasteiger partial charge in [-0.15, -0.1) is 11.3 Å². The van der Waals surface area contributed by atoms with E-state index in [2.05, 4.69) is 16.3 Å². The Morgan fingerprint density at radius 2 is 2.00 bits per heavy atom. The first-order chi connectivity index (χ1) is 11.8. The molecule has 0 saturated carbocycles. The molecule has 0 radical (unpaired) electrons. The summed E-state index contributed by atoms with van der Waals surface area (Å²) >= 11 is 1.67. The summed E-state index contributed by atoms with van der Waals surface area (Å²) in [5, 5.41) is 5.12. The molecule has 1 N–H and O–H groups in total. The Morgan fingerprint density at radius 1 is 1.25 bits per heavy atom. The molecular weight excluding hydrogens is 326 g/mol. The zero-order chi connectivity index (χ0) is 16.6. The SMILES string of the molecule is O=C(NCc1cccs1)N(CCN1CCOCC1)C1CCOCC1. The number of rotatable bonds is 6. The number of carbonyl (C=O) groups excluding carboxylic acids is 1. The summed E-state index contributed by atoms with van der Waals surface area (Å²) in [6.45, 7) is 7.27. The van der Waals surface area contributed by atoms with E-state index in [1.807, 2.05) is 16.3 Å². The molecule has 3 rings (SSSR count). The summed E-state index contributed by atoms with van der Waals surface area (Å²) in [6.07, 6.45) is 1.85. The summed E-state index contributed by atoms with van der Waals surface area (Å²) in [4.78, 5) is 18.3. The van der Waals surface area contributed by atoms with Crippen molar-refractivity contribution in [1.29, 1.82) is 0 Å². The fourth-order valence-electron chi connectivity index (χ4n) is 3.20. The maximum atomic E-state index is 12.7. The second kappa shape index (κ2) is 9.36. The minimum Gasteiger partial charge on any atom is -0.381 e. The summed E-state index contributed by atoms with van der Waals surface area (Å²) in [6, 6.07) is 4.39. The van der Waals surface area contributed by atoms with Gasteiger partial charge in [0.25, 0.3) is 0 Å². The molecule has 134 valence electrons. The Kier molecular flexibility index (Phi) is 6.89. The predicted octanol–water partition coefficient (Wildman–Crippen LogP) is 1.77. The second-order valence-corrected chi connectivity index (χ2v) is 7.26. The van der Waals surface area contributed by atoms with Crippen LogP contribution in [0.1, 0.15) is 17.7 Å². The molecule has 2 saturated heterocycles. The molecule has 1 aromatic rings. The van der Waals surface area contributed by atoms with E-state index in [1.165, 1.54) is 4.88 Å². The van der Waals surface area contributed by atoms with E-state index in [9.17, 15) is 4.79 Å². The van der Waals surface area contributed by atoms with E-state index < -0.39 is 0 Å². The third-order valence-electron chi connectivity index (χ3n) is 4.65. The minimum atomic E-state index is 0.0450. The highest BCUT2D eigenvalue weighted by molar-refractivity contribution is 7.09. The van der Waals surface area contributed by atoms with Crippen molar-refractivity contribution in [2.45, 2.75) is 25.4 Å². The van der Waals surface area contributed by atoms with Gasteiger partial charge in [-0.25, -0.2) is 4.79 Å². The van der Waals surface area contributed by atoms with E-state index in [4.69, 9.17) is 9.47 Å². The van der Waals surface area contributed by atoms with Crippen LogP contribution in [0.5, 0.6) is 0 Å². The van der Waals surface area contributed by atoms with Crippen LogP contribution in [0.4, 0.5) is 4.79 Å². The maximum Gasteiger partial charge on any atom is 0.317 e. The van der Waals surface area contributed by atoms with Crippen molar-refractivity contribution < 1.29 is 14.3 Å². The topological polar surface area (TPSA) is 54.0 Å². The Morgan fingerprint density at radius 3 is 2.71 bits per heavy atom. The normalized spacial score (nSPS) is 20.0. The van der Waals surface area contributed by atoms with Crippen LogP contribution in [0, 0.1) is 0 Å². The van der Waals surface area contributed by atoms with Gasteiger partial charge in [0.1, 0.15) is 0 Å². The van der Waals surface area contributed by atoms with E-state index in [-0.39, 0.29) is 12.1 Å². The number of hydrogen-bond acceptors (Lipinski definition) is 5. The van der Waals surface area contributed by atoms with Gasteiger partial charge in [0.15, 0.2) is 0 Å². The molecule has 0 aromatic carbocycles. The van der Waals surface area contributed by atoms with Gasteiger partial charge in [0.05, 0.1) is 19.8 Å². The molecule has 1 aromatic heterocycles. The van der Waals surface area contributed by atoms with Crippen molar-refractivity contribution in [2.75, 3.05) is 52.6 Å². The number of urea groups is 1. The molecule has 0 spiro atoms. The van der Waals surface area contributed by atoms with Crippen LogP contribution >= 0.6 is 11.3 Å². The molecule has 6 nitrogen and oxygen atoms in total. The lowest BCUT2D eigenvalue weighted by Gasteiger charge is -2.36. The Labute approximate surface area is 147 Å². The first kappa shape index (κ1) is 17.7. The zero-order valence-corrected chi connectivity index (χ0v) is 14.9. The largest absolute Gasteiger partial charge is 0.381 e. The quantitative estimate of drug-likeness (QED) is 0.847. The highest BCUT2D eigenvalue weighted by Crippen LogP contribution is 2.15. The molecule has 2 amide bonds. The smallest absolute Gasteiger partial charge is 0.317 e. The molecule has 0 unspecified atom stereocenters. The number of morpholine rings is 1. The highest BCUT2D eigenvalue weighted by atomic mass is 32.1. The molecule has 0 bridgehead atoms. The molecule has 24 heavy (non-hydrogen) atoms. The van der Waals surface area contributed by atoms with Crippen LogP contribution in [0.3, 0.4) is 0 Å². The lowest BCUT2D eigenvalue weighted by molar-refractivity contribution is 0.0226. The van der Waals surface area contributed by atoms with E-state index in [0.717, 1.165) is 65.4 Å². The van der Waals surface area contributed by atoms with Crippen LogP contribution < -0.4 is 5.32 Å². The average Bonchev–Trinajstić information content (AvgIpc) is 3.15. The second-order valence-electron chi connectivity index (χ2n) is 6.23. The third-order valence-corrected chi connectivity index (χ3v) is 5.52. The van der Waals surface area contributed by atoms with Gasteiger partial charge in [0, 0.05) is 50.3 Å². The lowest BCUT2D eigenvalue weighted by Crippen LogP contribution is -2.51. The highest BCUT2D eigenvalue weighted by Gasteiger charge is 2.26. The lowest BCUT2D eigenvalue weighted by atomic mass is 10.1. The van der Waals surface area contributed by atoms with Crippen molar-refractivity contribution in [1.82, 2.24) is 15.1 Å². The van der Waals surface area contributed by atoms with E-state index >= 15 is 0 Å². The number of amides is 2. The van der Waals surface area contributed by atoms with Crippen LogP contribution in [0.25, 0.3) is 0 Å².